The van der Waals surface area contributed by atoms with Gasteiger partial charge in [0.1, 0.15) is 18.1 Å². The Morgan fingerprint density at radius 2 is 1.74 bits per heavy atom. The van der Waals surface area contributed by atoms with Gasteiger partial charge in [0.05, 0.1) is 21.7 Å². The van der Waals surface area contributed by atoms with Crippen molar-refractivity contribution in [1.82, 2.24) is 5.32 Å². The van der Waals surface area contributed by atoms with E-state index in [2.05, 4.69) is 5.32 Å². The van der Waals surface area contributed by atoms with Gasteiger partial charge >= 0.3 is 0 Å². The Morgan fingerprint density at radius 3 is 2.37 bits per heavy atom. The van der Waals surface area contributed by atoms with Gasteiger partial charge in [0.25, 0.3) is 10.0 Å². The highest BCUT2D eigenvalue weighted by Crippen LogP contribution is 2.27. The maximum Gasteiger partial charge on any atom is 0.264 e. The average molecular weight is 519 g/mol. The molecule has 0 aliphatic heterocycles. The molecular weight excluding hydrogens is 491 g/mol. The summed E-state index contributed by atoms with van der Waals surface area (Å²) in [5, 5.41) is 2.53. The second-order valence-corrected chi connectivity index (χ2v) is 10.5. The third kappa shape index (κ3) is 7.44. The SMILES string of the molecule is CC(C)Oc1ccc(CCCNC(=O)CN(c2ccc(F)c(Cl)c2)S(=O)(=O)c2ccccc2)cc1. The Hall–Kier alpha value is -3.10. The lowest BCUT2D eigenvalue weighted by molar-refractivity contribution is -0.119. The molecule has 0 atom stereocenters. The first-order chi connectivity index (χ1) is 16.7. The molecule has 3 rings (SSSR count). The molecule has 0 saturated carbocycles. The van der Waals surface area contributed by atoms with Crippen LogP contribution in [-0.4, -0.2) is 33.5 Å². The largest absolute Gasteiger partial charge is 0.491 e. The first kappa shape index (κ1) is 26.5. The number of aryl methyl sites for hydroxylation is 1. The van der Waals surface area contributed by atoms with Crippen LogP contribution < -0.4 is 14.4 Å². The molecule has 0 heterocycles. The van der Waals surface area contributed by atoms with Crippen LogP contribution in [0, 0.1) is 5.82 Å². The predicted octanol–water partition coefficient (Wildman–Crippen LogP) is 5.21. The topological polar surface area (TPSA) is 75.7 Å². The van der Waals surface area contributed by atoms with Crippen molar-refractivity contribution in [3.63, 3.8) is 0 Å². The first-order valence-corrected chi connectivity index (χ1v) is 13.0. The van der Waals surface area contributed by atoms with Gasteiger partial charge < -0.3 is 10.1 Å². The van der Waals surface area contributed by atoms with E-state index >= 15 is 0 Å². The molecule has 1 amide bonds. The van der Waals surface area contributed by atoms with Gasteiger partial charge in [-0.1, -0.05) is 41.9 Å². The van der Waals surface area contributed by atoms with Crippen molar-refractivity contribution in [2.75, 3.05) is 17.4 Å². The highest BCUT2D eigenvalue weighted by molar-refractivity contribution is 7.92. The molecule has 0 aromatic heterocycles. The Labute approximate surface area is 210 Å². The van der Waals surface area contributed by atoms with E-state index in [9.17, 15) is 17.6 Å². The summed E-state index contributed by atoms with van der Waals surface area (Å²) in [6, 6.07) is 19.1. The summed E-state index contributed by atoms with van der Waals surface area (Å²) in [6.07, 6.45) is 1.51. The number of benzene rings is 3. The fourth-order valence-electron chi connectivity index (χ4n) is 3.39. The van der Waals surface area contributed by atoms with Crippen LogP contribution in [0.2, 0.25) is 5.02 Å². The lowest BCUT2D eigenvalue weighted by Gasteiger charge is -2.24. The molecule has 0 fully saturated rings. The number of amides is 1. The molecule has 3 aromatic rings. The molecule has 0 bridgehead atoms. The molecule has 0 saturated heterocycles. The van der Waals surface area contributed by atoms with Gasteiger partial charge in [-0.15, -0.1) is 0 Å². The summed E-state index contributed by atoms with van der Waals surface area (Å²) >= 11 is 5.88. The van der Waals surface area contributed by atoms with Crippen molar-refractivity contribution in [2.24, 2.45) is 0 Å². The monoisotopic (exact) mass is 518 g/mol. The fourth-order valence-corrected chi connectivity index (χ4v) is 5.00. The summed E-state index contributed by atoms with van der Waals surface area (Å²) in [5.41, 5.74) is 1.20. The van der Waals surface area contributed by atoms with E-state index in [1.165, 1.54) is 24.3 Å². The summed E-state index contributed by atoms with van der Waals surface area (Å²) in [4.78, 5) is 12.7. The highest BCUT2D eigenvalue weighted by atomic mass is 35.5. The second-order valence-electron chi connectivity index (χ2n) is 8.19. The van der Waals surface area contributed by atoms with E-state index in [-0.39, 0.29) is 21.7 Å². The number of nitrogens with zero attached hydrogens (tertiary/aromatic N) is 1. The number of ether oxygens (including phenoxy) is 1. The van der Waals surface area contributed by atoms with Gasteiger partial charge in [0, 0.05) is 6.54 Å². The van der Waals surface area contributed by atoms with Crippen molar-refractivity contribution >= 4 is 33.2 Å². The van der Waals surface area contributed by atoms with Crippen LogP contribution in [0.1, 0.15) is 25.8 Å². The molecule has 0 radical (unpaired) electrons. The van der Waals surface area contributed by atoms with Crippen LogP contribution in [-0.2, 0) is 21.2 Å². The van der Waals surface area contributed by atoms with Crippen molar-refractivity contribution in [3.05, 3.63) is 89.2 Å². The number of nitrogens with one attached hydrogen (secondary N) is 1. The molecule has 6 nitrogen and oxygen atoms in total. The Balaban J connectivity index is 1.64. The number of carbonyl (C=O) groups is 1. The van der Waals surface area contributed by atoms with Gasteiger partial charge in [-0.2, -0.15) is 0 Å². The smallest absolute Gasteiger partial charge is 0.264 e. The van der Waals surface area contributed by atoms with Gasteiger partial charge in [0.15, 0.2) is 0 Å². The number of rotatable bonds is 11. The van der Waals surface area contributed by atoms with Gasteiger partial charge in [-0.25, -0.2) is 12.8 Å². The number of sulfonamides is 1. The zero-order valence-corrected chi connectivity index (χ0v) is 21.2. The minimum atomic E-state index is -4.09. The van der Waals surface area contributed by atoms with Crippen LogP contribution in [0.5, 0.6) is 5.75 Å². The summed E-state index contributed by atoms with van der Waals surface area (Å²) in [5.74, 6) is -0.357. The van der Waals surface area contributed by atoms with Crippen LogP contribution in [0.3, 0.4) is 0 Å². The van der Waals surface area contributed by atoms with E-state index in [0.29, 0.717) is 13.0 Å². The maximum atomic E-state index is 13.7. The molecule has 9 heteroatoms. The molecule has 0 aliphatic rings. The zero-order chi connectivity index (χ0) is 25.4. The number of carbonyl (C=O) groups excluding carboxylic acids is 1. The first-order valence-electron chi connectivity index (χ1n) is 11.2. The summed E-state index contributed by atoms with van der Waals surface area (Å²) in [6.45, 7) is 3.83. The number of hydrogen-bond donors (Lipinski definition) is 1. The molecule has 186 valence electrons. The predicted molar refractivity (Wildman–Crippen MR) is 136 cm³/mol. The Morgan fingerprint density at radius 1 is 1.06 bits per heavy atom. The molecule has 0 spiro atoms. The zero-order valence-electron chi connectivity index (χ0n) is 19.6. The van der Waals surface area contributed by atoms with Crippen molar-refractivity contribution < 1.29 is 22.3 Å². The van der Waals surface area contributed by atoms with E-state index in [1.807, 2.05) is 38.1 Å². The van der Waals surface area contributed by atoms with Crippen LogP contribution in [0.25, 0.3) is 0 Å². The molecular formula is C26H28ClFN2O4S. The quantitative estimate of drug-likeness (QED) is 0.353. The van der Waals surface area contributed by atoms with Crippen molar-refractivity contribution in [2.45, 2.75) is 37.7 Å². The standard InChI is InChI=1S/C26H28ClFN2O4S/c1-19(2)34-22-13-10-20(11-14-22)7-6-16-29-26(31)18-30(21-12-15-25(28)24(27)17-21)35(32,33)23-8-4-3-5-9-23/h3-5,8-15,17,19H,6-7,16,18H2,1-2H3,(H,29,31). The fraction of sp³-hybridized carbons (Fsp3) is 0.269. The maximum absolute atomic E-state index is 13.7. The van der Waals surface area contributed by atoms with E-state index in [1.54, 1.807) is 18.2 Å². The molecule has 35 heavy (non-hydrogen) atoms. The van der Waals surface area contributed by atoms with Crippen molar-refractivity contribution in [1.29, 1.82) is 0 Å². The van der Waals surface area contributed by atoms with Crippen LogP contribution >= 0.6 is 11.6 Å². The Kier molecular flexibility index (Phi) is 9.12. The lowest BCUT2D eigenvalue weighted by atomic mass is 10.1. The molecule has 0 aliphatic carbocycles. The average Bonchev–Trinajstić information content (AvgIpc) is 2.83. The molecule has 0 unspecified atom stereocenters. The normalized spacial score (nSPS) is 11.3. The number of halogens is 2. The molecule has 1 N–H and O–H groups in total. The number of hydrogen-bond acceptors (Lipinski definition) is 4. The second kappa shape index (κ2) is 12.0. The van der Waals surface area contributed by atoms with Crippen molar-refractivity contribution in [3.8, 4) is 5.75 Å². The minimum absolute atomic E-state index is 0.0122. The number of anilines is 1. The van der Waals surface area contributed by atoms with Gasteiger partial charge in [-0.3, -0.25) is 9.10 Å². The Bertz CT molecular complexity index is 1240. The lowest BCUT2D eigenvalue weighted by Crippen LogP contribution is -2.41. The van der Waals surface area contributed by atoms with Gasteiger partial charge in [0.2, 0.25) is 5.91 Å². The third-order valence-corrected chi connectivity index (χ3v) is 7.15. The molecule has 3 aromatic carbocycles. The van der Waals surface area contributed by atoms with E-state index in [0.717, 1.165) is 28.1 Å². The summed E-state index contributed by atoms with van der Waals surface area (Å²) in [7, 11) is -4.09. The van der Waals surface area contributed by atoms with Crippen LogP contribution in [0.4, 0.5) is 10.1 Å². The van der Waals surface area contributed by atoms with E-state index in [4.69, 9.17) is 16.3 Å². The van der Waals surface area contributed by atoms with Gasteiger partial charge in [-0.05, 0) is 74.7 Å². The highest BCUT2D eigenvalue weighted by Gasteiger charge is 2.27. The van der Waals surface area contributed by atoms with E-state index < -0.39 is 28.3 Å². The van der Waals surface area contributed by atoms with Crippen LogP contribution in [0.15, 0.2) is 77.7 Å². The minimum Gasteiger partial charge on any atom is -0.491 e. The third-order valence-electron chi connectivity index (χ3n) is 5.07. The summed E-state index contributed by atoms with van der Waals surface area (Å²) < 4.78 is 46.8.